The molecule has 0 atom stereocenters. The van der Waals surface area contributed by atoms with Crippen molar-refractivity contribution in [2.75, 3.05) is 0 Å². The molecule has 0 spiro atoms. The van der Waals surface area contributed by atoms with Gasteiger partial charge in [-0.15, -0.1) is 0 Å². The summed E-state index contributed by atoms with van der Waals surface area (Å²) in [5.41, 5.74) is 6.52. The Bertz CT molecular complexity index is 1270. The molecular formula is C22H18N6O3. The van der Waals surface area contributed by atoms with Gasteiger partial charge >= 0.3 is 0 Å². The number of carbonyl (C=O) groups is 2. The maximum Gasteiger partial charge on any atom is 0.273 e. The number of nitrogens with one attached hydrogen (secondary N) is 2. The van der Waals surface area contributed by atoms with E-state index >= 15 is 0 Å². The van der Waals surface area contributed by atoms with Gasteiger partial charge in [-0.3, -0.25) is 30.2 Å². The highest BCUT2D eigenvalue weighted by atomic mass is 16.2. The largest absolute Gasteiger partial charge is 0.306 e. The van der Waals surface area contributed by atoms with Crippen LogP contribution in [0.5, 0.6) is 0 Å². The number of para-hydroxylation sites is 1. The monoisotopic (exact) mass is 414 g/mol. The molecule has 9 heteroatoms. The maximum absolute atomic E-state index is 12.8. The van der Waals surface area contributed by atoms with Gasteiger partial charge in [-0.1, -0.05) is 24.3 Å². The van der Waals surface area contributed by atoms with Crippen molar-refractivity contribution < 1.29 is 9.59 Å². The highest BCUT2D eigenvalue weighted by Gasteiger charge is 2.19. The molecule has 31 heavy (non-hydrogen) atoms. The second kappa shape index (κ2) is 8.87. The minimum Gasteiger partial charge on any atom is -0.306 e. The van der Waals surface area contributed by atoms with E-state index in [1.54, 1.807) is 47.5 Å². The fourth-order valence-electron chi connectivity index (χ4n) is 2.95. The number of hydrazine groups is 1. The second-order valence-electron chi connectivity index (χ2n) is 6.58. The predicted octanol–water partition coefficient (Wildman–Crippen LogP) is 1.56. The Kier molecular flexibility index (Phi) is 5.66. The molecule has 1 aromatic carbocycles. The first-order valence-corrected chi connectivity index (χ1v) is 9.42. The van der Waals surface area contributed by atoms with E-state index in [1.807, 2.05) is 30.3 Å². The molecule has 2 amide bonds. The van der Waals surface area contributed by atoms with Crippen LogP contribution in [0.3, 0.4) is 0 Å². The lowest BCUT2D eigenvalue weighted by Gasteiger charge is -2.08. The molecule has 0 aliphatic carbocycles. The maximum atomic E-state index is 12.8. The van der Waals surface area contributed by atoms with Crippen molar-refractivity contribution in [1.82, 2.24) is 30.2 Å². The zero-order chi connectivity index (χ0) is 21.6. The number of hydrogen-bond acceptors (Lipinski definition) is 5. The predicted molar refractivity (Wildman–Crippen MR) is 113 cm³/mol. The zero-order valence-corrected chi connectivity index (χ0v) is 16.3. The van der Waals surface area contributed by atoms with Crippen molar-refractivity contribution in [3.63, 3.8) is 0 Å². The summed E-state index contributed by atoms with van der Waals surface area (Å²) in [6.07, 6.45) is 6.31. The third kappa shape index (κ3) is 4.56. The standard InChI is InChI=1S/C22H18N6O3/c29-19(15-27-12-5-4-10-20(27)30)24-25-22(31)18-14-28(17-8-2-1-3-9-17)26-21(18)16-7-6-11-23-13-16/h1-14H,15H2,(H,24,29)(H,25,31). The van der Waals surface area contributed by atoms with Crippen LogP contribution >= 0.6 is 0 Å². The van der Waals surface area contributed by atoms with E-state index in [2.05, 4.69) is 20.9 Å². The Hall–Kier alpha value is -4.53. The van der Waals surface area contributed by atoms with Crippen LogP contribution in [-0.4, -0.2) is 31.1 Å². The van der Waals surface area contributed by atoms with Crippen LogP contribution in [0.1, 0.15) is 10.4 Å². The summed E-state index contributed by atoms with van der Waals surface area (Å²) in [7, 11) is 0. The van der Waals surface area contributed by atoms with E-state index < -0.39 is 11.8 Å². The van der Waals surface area contributed by atoms with Crippen LogP contribution in [0.4, 0.5) is 0 Å². The molecule has 0 aliphatic rings. The van der Waals surface area contributed by atoms with Crippen LogP contribution in [-0.2, 0) is 11.3 Å². The van der Waals surface area contributed by atoms with E-state index in [4.69, 9.17) is 0 Å². The van der Waals surface area contributed by atoms with E-state index in [0.29, 0.717) is 11.3 Å². The van der Waals surface area contributed by atoms with Crippen LogP contribution < -0.4 is 16.4 Å². The first-order valence-electron chi connectivity index (χ1n) is 9.42. The number of aromatic nitrogens is 4. The molecule has 0 bridgehead atoms. The van der Waals surface area contributed by atoms with Crippen molar-refractivity contribution in [3.8, 4) is 16.9 Å². The SMILES string of the molecule is O=C(Cn1ccccc1=O)NNC(=O)c1cn(-c2ccccc2)nc1-c1cccnc1. The second-order valence-corrected chi connectivity index (χ2v) is 6.58. The highest BCUT2D eigenvalue weighted by molar-refractivity contribution is 6.00. The lowest BCUT2D eigenvalue weighted by Crippen LogP contribution is -2.44. The lowest BCUT2D eigenvalue weighted by atomic mass is 10.1. The van der Waals surface area contributed by atoms with Gasteiger partial charge in [-0.2, -0.15) is 5.10 Å². The summed E-state index contributed by atoms with van der Waals surface area (Å²) in [5.74, 6) is -1.09. The van der Waals surface area contributed by atoms with E-state index in [9.17, 15) is 14.4 Å². The number of hydrogen-bond donors (Lipinski definition) is 2. The zero-order valence-electron chi connectivity index (χ0n) is 16.3. The molecule has 0 saturated carbocycles. The number of carbonyl (C=O) groups excluding carboxylic acids is 2. The van der Waals surface area contributed by atoms with Crippen molar-refractivity contribution >= 4 is 11.8 Å². The summed E-state index contributed by atoms with van der Waals surface area (Å²) < 4.78 is 2.82. The number of nitrogens with zero attached hydrogens (tertiary/aromatic N) is 4. The lowest BCUT2D eigenvalue weighted by molar-refractivity contribution is -0.122. The fraction of sp³-hybridized carbons (Fsp3) is 0.0455. The molecule has 0 radical (unpaired) electrons. The highest BCUT2D eigenvalue weighted by Crippen LogP contribution is 2.22. The van der Waals surface area contributed by atoms with Crippen molar-refractivity contribution in [2.45, 2.75) is 6.54 Å². The molecular weight excluding hydrogens is 396 g/mol. The summed E-state index contributed by atoms with van der Waals surface area (Å²) in [6, 6.07) is 17.5. The Labute approximate surface area is 177 Å². The Balaban J connectivity index is 1.55. The molecule has 3 heterocycles. The number of benzene rings is 1. The Morgan fingerprint density at radius 3 is 2.48 bits per heavy atom. The normalized spacial score (nSPS) is 10.5. The number of amides is 2. The molecule has 4 aromatic rings. The van der Waals surface area contributed by atoms with Crippen LogP contribution in [0.2, 0.25) is 0 Å². The van der Waals surface area contributed by atoms with E-state index in [1.165, 1.54) is 16.8 Å². The van der Waals surface area contributed by atoms with Gasteiger partial charge in [0.25, 0.3) is 17.4 Å². The fourth-order valence-corrected chi connectivity index (χ4v) is 2.95. The summed E-state index contributed by atoms with van der Waals surface area (Å²) in [6.45, 7) is -0.224. The molecule has 0 aliphatic heterocycles. The van der Waals surface area contributed by atoms with Gasteiger partial charge in [-0.05, 0) is 30.3 Å². The number of rotatable bonds is 5. The van der Waals surface area contributed by atoms with Gasteiger partial charge in [0.1, 0.15) is 12.2 Å². The quantitative estimate of drug-likeness (QED) is 0.482. The van der Waals surface area contributed by atoms with Crippen molar-refractivity contribution in [2.24, 2.45) is 0 Å². The van der Waals surface area contributed by atoms with Gasteiger partial charge in [0.05, 0.1) is 11.3 Å². The Morgan fingerprint density at radius 2 is 1.74 bits per heavy atom. The minimum atomic E-state index is -0.546. The van der Waals surface area contributed by atoms with Crippen molar-refractivity contribution in [1.29, 1.82) is 0 Å². The molecule has 154 valence electrons. The van der Waals surface area contributed by atoms with E-state index in [-0.39, 0.29) is 17.7 Å². The molecule has 4 rings (SSSR count). The summed E-state index contributed by atoms with van der Waals surface area (Å²) in [4.78, 5) is 40.8. The van der Waals surface area contributed by atoms with E-state index in [0.717, 1.165) is 5.69 Å². The average Bonchev–Trinajstić information content (AvgIpc) is 3.26. The third-order valence-electron chi connectivity index (χ3n) is 4.44. The van der Waals surface area contributed by atoms with Crippen molar-refractivity contribution in [3.05, 3.63) is 101 Å². The summed E-state index contributed by atoms with van der Waals surface area (Å²) in [5, 5.41) is 4.54. The minimum absolute atomic E-state index is 0.224. The first kappa shape index (κ1) is 19.8. The molecule has 3 aromatic heterocycles. The molecule has 2 N–H and O–H groups in total. The Morgan fingerprint density at radius 1 is 0.935 bits per heavy atom. The average molecular weight is 414 g/mol. The molecule has 0 unspecified atom stereocenters. The van der Waals surface area contributed by atoms with Crippen LogP contribution in [0.25, 0.3) is 16.9 Å². The molecule has 0 fully saturated rings. The smallest absolute Gasteiger partial charge is 0.273 e. The van der Waals surface area contributed by atoms with Gasteiger partial charge in [-0.25, -0.2) is 4.68 Å². The number of pyridine rings is 2. The summed E-state index contributed by atoms with van der Waals surface area (Å²) >= 11 is 0. The van der Waals surface area contributed by atoms with Gasteiger partial charge in [0.15, 0.2) is 0 Å². The van der Waals surface area contributed by atoms with Gasteiger partial charge < -0.3 is 4.57 Å². The molecule has 0 saturated heterocycles. The third-order valence-corrected chi connectivity index (χ3v) is 4.44. The topological polar surface area (TPSA) is 111 Å². The molecule has 9 nitrogen and oxygen atoms in total. The van der Waals surface area contributed by atoms with Gasteiger partial charge in [0.2, 0.25) is 0 Å². The first-order chi connectivity index (χ1) is 15.1. The van der Waals surface area contributed by atoms with Crippen LogP contribution in [0, 0.1) is 0 Å². The van der Waals surface area contributed by atoms with Gasteiger partial charge in [0, 0.05) is 36.4 Å². The van der Waals surface area contributed by atoms with Crippen LogP contribution in [0.15, 0.2) is 90.2 Å².